The average molecular weight is 294 g/mol. The molecular formula is C13H15F5N2. The van der Waals surface area contributed by atoms with Crippen molar-refractivity contribution in [3.05, 3.63) is 35.4 Å². The van der Waals surface area contributed by atoms with E-state index in [0.717, 1.165) is 24.3 Å². The molecule has 0 aromatic heterocycles. The van der Waals surface area contributed by atoms with E-state index >= 15 is 0 Å². The minimum atomic E-state index is -4.45. The van der Waals surface area contributed by atoms with Crippen LogP contribution in [-0.2, 0) is 6.18 Å². The van der Waals surface area contributed by atoms with E-state index in [-0.39, 0.29) is 5.56 Å². The van der Waals surface area contributed by atoms with Gasteiger partial charge in [-0.2, -0.15) is 13.2 Å². The van der Waals surface area contributed by atoms with Gasteiger partial charge in [0.15, 0.2) is 0 Å². The van der Waals surface area contributed by atoms with Crippen LogP contribution in [0, 0.1) is 0 Å². The number of hydrogen-bond donors (Lipinski definition) is 1. The Hall–Kier alpha value is -1.21. The summed E-state index contributed by atoms with van der Waals surface area (Å²) in [6.07, 6.45) is -7.08. The molecule has 1 saturated heterocycles. The van der Waals surface area contributed by atoms with E-state index in [0.29, 0.717) is 26.2 Å². The van der Waals surface area contributed by atoms with Gasteiger partial charge in [-0.05, 0) is 17.7 Å². The van der Waals surface area contributed by atoms with Crippen LogP contribution in [0.2, 0.25) is 0 Å². The zero-order chi connectivity index (χ0) is 14.8. The lowest BCUT2D eigenvalue weighted by Gasteiger charge is -2.34. The number of halogens is 5. The smallest absolute Gasteiger partial charge is 0.314 e. The van der Waals surface area contributed by atoms with Crippen molar-refractivity contribution in [2.45, 2.75) is 18.6 Å². The third-order valence-electron chi connectivity index (χ3n) is 3.36. The molecule has 7 heteroatoms. The van der Waals surface area contributed by atoms with Gasteiger partial charge in [0.25, 0.3) is 6.43 Å². The molecule has 1 fully saturated rings. The Kier molecular flexibility index (Phi) is 4.59. The highest BCUT2D eigenvalue weighted by Crippen LogP contribution is 2.32. The van der Waals surface area contributed by atoms with E-state index in [1.165, 1.54) is 0 Å². The van der Waals surface area contributed by atoms with Crippen molar-refractivity contribution in [2.24, 2.45) is 0 Å². The second-order valence-corrected chi connectivity index (χ2v) is 4.69. The van der Waals surface area contributed by atoms with E-state index in [1.54, 1.807) is 4.90 Å². The predicted molar refractivity (Wildman–Crippen MR) is 64.6 cm³/mol. The summed E-state index contributed by atoms with van der Waals surface area (Å²) < 4.78 is 63.8. The largest absolute Gasteiger partial charge is 0.416 e. The van der Waals surface area contributed by atoms with Gasteiger partial charge in [-0.3, -0.25) is 4.90 Å². The lowest BCUT2D eigenvalue weighted by Crippen LogP contribution is -2.46. The maximum absolute atomic E-state index is 13.2. The molecule has 1 atom stereocenters. The van der Waals surface area contributed by atoms with Crippen molar-refractivity contribution in [1.82, 2.24) is 10.2 Å². The summed E-state index contributed by atoms with van der Waals surface area (Å²) in [5.41, 5.74) is -0.607. The molecule has 2 rings (SSSR count). The van der Waals surface area contributed by atoms with Crippen molar-refractivity contribution in [1.29, 1.82) is 0 Å². The van der Waals surface area contributed by atoms with Gasteiger partial charge in [0.2, 0.25) is 0 Å². The molecule has 0 aliphatic carbocycles. The van der Waals surface area contributed by atoms with Crippen LogP contribution in [0.15, 0.2) is 24.3 Å². The molecule has 0 spiro atoms. The number of alkyl halides is 5. The first-order valence-corrected chi connectivity index (χ1v) is 6.29. The molecule has 1 heterocycles. The van der Waals surface area contributed by atoms with E-state index in [2.05, 4.69) is 5.32 Å². The molecule has 1 aromatic rings. The molecule has 0 bridgehead atoms. The predicted octanol–water partition coefficient (Wildman–Crippen LogP) is 2.92. The Morgan fingerprint density at radius 1 is 1.00 bits per heavy atom. The highest BCUT2D eigenvalue weighted by Gasteiger charge is 2.33. The van der Waals surface area contributed by atoms with Gasteiger partial charge >= 0.3 is 6.18 Å². The maximum Gasteiger partial charge on any atom is 0.416 e. The molecule has 0 amide bonds. The first kappa shape index (κ1) is 15.2. The molecule has 0 radical (unpaired) electrons. The second kappa shape index (κ2) is 6.05. The van der Waals surface area contributed by atoms with Gasteiger partial charge in [0.1, 0.15) is 0 Å². The molecule has 2 nitrogen and oxygen atoms in total. The number of hydrogen-bond acceptors (Lipinski definition) is 2. The zero-order valence-corrected chi connectivity index (χ0v) is 10.6. The Morgan fingerprint density at radius 2 is 1.55 bits per heavy atom. The number of rotatable bonds is 3. The van der Waals surface area contributed by atoms with Crippen LogP contribution in [-0.4, -0.2) is 37.5 Å². The summed E-state index contributed by atoms with van der Waals surface area (Å²) >= 11 is 0. The van der Waals surface area contributed by atoms with Crippen LogP contribution in [0.3, 0.4) is 0 Å². The normalized spacial score (nSPS) is 19.3. The van der Waals surface area contributed by atoms with Gasteiger partial charge in [-0.15, -0.1) is 0 Å². The maximum atomic E-state index is 13.2. The van der Waals surface area contributed by atoms with Gasteiger partial charge in [0, 0.05) is 26.2 Å². The number of piperazine rings is 1. The van der Waals surface area contributed by atoms with Crippen LogP contribution in [0.5, 0.6) is 0 Å². The summed E-state index contributed by atoms with van der Waals surface area (Å²) in [7, 11) is 0. The number of nitrogens with zero attached hydrogens (tertiary/aromatic N) is 1. The lowest BCUT2D eigenvalue weighted by molar-refractivity contribution is -0.137. The Bertz CT molecular complexity index is 423. The molecule has 0 saturated carbocycles. The molecule has 1 aliphatic heterocycles. The van der Waals surface area contributed by atoms with Crippen LogP contribution in [0.4, 0.5) is 22.0 Å². The minimum Gasteiger partial charge on any atom is -0.314 e. The van der Waals surface area contributed by atoms with Gasteiger partial charge < -0.3 is 5.32 Å². The lowest BCUT2D eigenvalue weighted by atomic mass is 10.0. The average Bonchev–Trinajstić information content (AvgIpc) is 2.39. The van der Waals surface area contributed by atoms with Crippen molar-refractivity contribution in [3.8, 4) is 0 Å². The Balaban J connectivity index is 2.21. The molecule has 1 aromatic carbocycles. The van der Waals surface area contributed by atoms with Crippen molar-refractivity contribution in [3.63, 3.8) is 0 Å². The van der Waals surface area contributed by atoms with Crippen molar-refractivity contribution >= 4 is 0 Å². The van der Waals surface area contributed by atoms with Crippen LogP contribution in [0.25, 0.3) is 0 Å². The van der Waals surface area contributed by atoms with Crippen LogP contribution < -0.4 is 5.32 Å². The van der Waals surface area contributed by atoms with Gasteiger partial charge in [-0.25, -0.2) is 8.78 Å². The van der Waals surface area contributed by atoms with Gasteiger partial charge in [-0.1, -0.05) is 12.1 Å². The van der Waals surface area contributed by atoms with E-state index in [4.69, 9.17) is 0 Å². The topological polar surface area (TPSA) is 15.3 Å². The fourth-order valence-corrected chi connectivity index (χ4v) is 2.35. The molecule has 20 heavy (non-hydrogen) atoms. The summed E-state index contributed by atoms with van der Waals surface area (Å²) in [5.74, 6) is 0. The van der Waals surface area contributed by atoms with Crippen LogP contribution in [0.1, 0.15) is 17.2 Å². The molecule has 1 aliphatic rings. The number of nitrogens with one attached hydrogen (secondary N) is 1. The van der Waals surface area contributed by atoms with E-state index in [9.17, 15) is 22.0 Å². The molecule has 1 N–H and O–H groups in total. The van der Waals surface area contributed by atoms with E-state index < -0.39 is 24.2 Å². The standard InChI is InChI=1S/C13H15F5N2/c14-12(15)11(20-7-5-19-6-8-20)9-1-3-10(4-2-9)13(16,17)18/h1-4,11-12,19H,5-8H2/t11-/m0/s1. The SMILES string of the molecule is FC(F)[C@H](c1ccc(C(F)(F)F)cc1)N1CCNCC1. The fourth-order valence-electron chi connectivity index (χ4n) is 2.35. The quantitative estimate of drug-likeness (QED) is 0.862. The molecule has 112 valence electrons. The van der Waals surface area contributed by atoms with Crippen LogP contribution >= 0.6 is 0 Å². The highest BCUT2D eigenvalue weighted by molar-refractivity contribution is 5.27. The third-order valence-corrected chi connectivity index (χ3v) is 3.36. The summed E-state index contributed by atoms with van der Waals surface area (Å²) in [6.45, 7) is 2.11. The fraction of sp³-hybridized carbons (Fsp3) is 0.538. The second-order valence-electron chi connectivity index (χ2n) is 4.69. The van der Waals surface area contributed by atoms with Gasteiger partial charge in [0.05, 0.1) is 11.6 Å². The third kappa shape index (κ3) is 3.46. The highest BCUT2D eigenvalue weighted by atomic mass is 19.4. The van der Waals surface area contributed by atoms with Crippen molar-refractivity contribution in [2.75, 3.05) is 26.2 Å². The zero-order valence-electron chi connectivity index (χ0n) is 10.6. The van der Waals surface area contributed by atoms with Crippen molar-refractivity contribution < 1.29 is 22.0 Å². The first-order chi connectivity index (χ1) is 9.39. The van der Waals surface area contributed by atoms with E-state index in [1.807, 2.05) is 0 Å². The summed E-state index contributed by atoms with van der Waals surface area (Å²) in [6, 6.07) is 2.84. The number of benzene rings is 1. The first-order valence-electron chi connectivity index (χ1n) is 6.29. The Labute approximate surface area is 113 Å². The molecule has 0 unspecified atom stereocenters. The Morgan fingerprint density at radius 3 is 2.00 bits per heavy atom. The summed E-state index contributed by atoms with van der Waals surface area (Å²) in [4.78, 5) is 1.60. The summed E-state index contributed by atoms with van der Waals surface area (Å²) in [5, 5.41) is 3.05. The molecular weight excluding hydrogens is 279 g/mol. The monoisotopic (exact) mass is 294 g/mol. The minimum absolute atomic E-state index is 0.218.